The quantitative estimate of drug-likeness (QED) is 0.901. The highest BCUT2D eigenvalue weighted by Gasteiger charge is 2.30. The van der Waals surface area contributed by atoms with Gasteiger partial charge in [0.1, 0.15) is 5.82 Å². The first-order valence-corrected chi connectivity index (χ1v) is 7.14. The van der Waals surface area contributed by atoms with Gasteiger partial charge in [0.25, 0.3) is 0 Å². The van der Waals surface area contributed by atoms with Crippen LogP contribution in [0.5, 0.6) is 0 Å². The summed E-state index contributed by atoms with van der Waals surface area (Å²) in [4.78, 5) is 2.45. The molecule has 3 heteroatoms. The number of hydrogen-bond donors (Lipinski definition) is 1. The number of piperidine rings is 1. The van der Waals surface area contributed by atoms with Crippen LogP contribution in [0.15, 0.2) is 18.2 Å². The van der Waals surface area contributed by atoms with Crippen LogP contribution in [0, 0.1) is 12.7 Å². The van der Waals surface area contributed by atoms with Crippen molar-refractivity contribution in [2.45, 2.75) is 45.2 Å². The summed E-state index contributed by atoms with van der Waals surface area (Å²) in [6.45, 7) is 8.39. The standard InChI is InChI=1S/C16H25FN2/c1-12-5-6-14(11-15(12)17)13(2)19-9-7-16(3,18-4)8-10-19/h5-6,11,13,18H,7-10H2,1-4H3. The van der Waals surface area contributed by atoms with Crippen LogP contribution < -0.4 is 5.32 Å². The molecule has 1 aliphatic heterocycles. The third-order valence-electron chi connectivity index (χ3n) is 4.73. The second kappa shape index (κ2) is 5.59. The number of likely N-dealkylation sites (tertiary alicyclic amines) is 1. The third kappa shape index (κ3) is 3.15. The zero-order valence-corrected chi connectivity index (χ0v) is 12.5. The lowest BCUT2D eigenvalue weighted by Crippen LogP contribution is -2.50. The Kier molecular flexibility index (Phi) is 4.26. The number of hydrogen-bond acceptors (Lipinski definition) is 2. The van der Waals surface area contributed by atoms with Crippen LogP contribution in [0.3, 0.4) is 0 Å². The van der Waals surface area contributed by atoms with Crippen molar-refractivity contribution in [1.82, 2.24) is 10.2 Å². The molecule has 19 heavy (non-hydrogen) atoms. The van der Waals surface area contributed by atoms with Gasteiger partial charge in [0.15, 0.2) is 0 Å². The minimum absolute atomic E-state index is 0.0959. The first kappa shape index (κ1) is 14.5. The van der Waals surface area contributed by atoms with Crippen molar-refractivity contribution >= 4 is 0 Å². The minimum Gasteiger partial charge on any atom is -0.314 e. The molecule has 0 amide bonds. The Labute approximate surface area is 116 Å². The normalized spacial score (nSPS) is 21.3. The van der Waals surface area contributed by atoms with E-state index in [1.54, 1.807) is 6.07 Å². The Balaban J connectivity index is 2.05. The molecule has 1 aliphatic rings. The Morgan fingerprint density at radius 1 is 1.32 bits per heavy atom. The van der Waals surface area contributed by atoms with Crippen molar-refractivity contribution in [3.63, 3.8) is 0 Å². The predicted octanol–water partition coefficient (Wildman–Crippen LogP) is 3.27. The van der Waals surface area contributed by atoms with Crippen LogP contribution >= 0.6 is 0 Å². The van der Waals surface area contributed by atoms with E-state index in [-0.39, 0.29) is 17.4 Å². The van der Waals surface area contributed by atoms with E-state index in [1.165, 1.54) is 0 Å². The SMILES string of the molecule is CNC1(C)CCN(C(C)c2ccc(C)c(F)c2)CC1. The molecule has 0 aliphatic carbocycles. The number of nitrogens with one attached hydrogen (secondary N) is 1. The molecule has 1 heterocycles. The molecule has 1 aromatic rings. The van der Waals surface area contributed by atoms with Gasteiger partial charge in [0, 0.05) is 24.7 Å². The van der Waals surface area contributed by atoms with Gasteiger partial charge in [-0.15, -0.1) is 0 Å². The lowest BCUT2D eigenvalue weighted by molar-refractivity contribution is 0.117. The molecule has 106 valence electrons. The number of halogens is 1. The molecule has 0 saturated carbocycles. The summed E-state index contributed by atoms with van der Waals surface area (Å²) < 4.78 is 13.7. The fourth-order valence-electron chi connectivity index (χ4n) is 2.73. The summed E-state index contributed by atoms with van der Waals surface area (Å²) in [5.41, 5.74) is 2.06. The fraction of sp³-hybridized carbons (Fsp3) is 0.625. The highest BCUT2D eigenvalue weighted by molar-refractivity contribution is 5.25. The first-order valence-electron chi connectivity index (χ1n) is 7.14. The maximum atomic E-state index is 13.7. The molecule has 1 N–H and O–H groups in total. The molecule has 1 aromatic carbocycles. The zero-order chi connectivity index (χ0) is 14.0. The molecule has 2 nitrogen and oxygen atoms in total. The van der Waals surface area contributed by atoms with Crippen LogP contribution in [0.2, 0.25) is 0 Å². The average molecular weight is 264 g/mol. The van der Waals surface area contributed by atoms with Crippen LogP contribution in [0.25, 0.3) is 0 Å². The van der Waals surface area contributed by atoms with Gasteiger partial charge < -0.3 is 5.32 Å². The molecule has 0 bridgehead atoms. The summed E-state index contributed by atoms with van der Waals surface area (Å²) >= 11 is 0. The van der Waals surface area contributed by atoms with Crippen molar-refractivity contribution in [1.29, 1.82) is 0 Å². The van der Waals surface area contributed by atoms with E-state index in [0.29, 0.717) is 0 Å². The first-order chi connectivity index (χ1) is 8.95. The van der Waals surface area contributed by atoms with Gasteiger partial charge in [0.05, 0.1) is 0 Å². The Morgan fingerprint density at radius 2 is 1.95 bits per heavy atom. The monoisotopic (exact) mass is 264 g/mol. The van der Waals surface area contributed by atoms with Gasteiger partial charge in [-0.3, -0.25) is 4.90 Å². The lowest BCUT2D eigenvalue weighted by Gasteiger charge is -2.42. The Morgan fingerprint density at radius 3 is 2.47 bits per heavy atom. The van der Waals surface area contributed by atoms with Crippen LogP contribution in [-0.2, 0) is 0 Å². The number of benzene rings is 1. The average Bonchev–Trinajstić information content (AvgIpc) is 2.42. The van der Waals surface area contributed by atoms with Crippen molar-refractivity contribution < 1.29 is 4.39 Å². The van der Waals surface area contributed by atoms with E-state index in [1.807, 2.05) is 20.0 Å². The van der Waals surface area contributed by atoms with E-state index in [2.05, 4.69) is 30.1 Å². The lowest BCUT2D eigenvalue weighted by atomic mass is 9.88. The smallest absolute Gasteiger partial charge is 0.126 e. The van der Waals surface area contributed by atoms with E-state index >= 15 is 0 Å². The highest BCUT2D eigenvalue weighted by Crippen LogP contribution is 2.29. The summed E-state index contributed by atoms with van der Waals surface area (Å²) in [5, 5.41) is 3.41. The molecular formula is C16H25FN2. The van der Waals surface area contributed by atoms with E-state index in [0.717, 1.165) is 37.1 Å². The second-order valence-corrected chi connectivity index (χ2v) is 6.03. The highest BCUT2D eigenvalue weighted by atomic mass is 19.1. The van der Waals surface area contributed by atoms with Gasteiger partial charge in [-0.1, -0.05) is 12.1 Å². The van der Waals surface area contributed by atoms with E-state index in [9.17, 15) is 4.39 Å². The maximum absolute atomic E-state index is 13.7. The molecule has 1 saturated heterocycles. The van der Waals surface area contributed by atoms with Crippen LogP contribution in [-0.4, -0.2) is 30.6 Å². The molecule has 0 aromatic heterocycles. The zero-order valence-electron chi connectivity index (χ0n) is 12.5. The summed E-state index contributed by atoms with van der Waals surface area (Å²) in [7, 11) is 2.04. The summed E-state index contributed by atoms with van der Waals surface area (Å²) in [6, 6.07) is 5.90. The topological polar surface area (TPSA) is 15.3 Å². The van der Waals surface area contributed by atoms with Gasteiger partial charge >= 0.3 is 0 Å². The number of rotatable bonds is 3. The van der Waals surface area contributed by atoms with E-state index in [4.69, 9.17) is 0 Å². The third-order valence-corrected chi connectivity index (χ3v) is 4.73. The fourth-order valence-corrected chi connectivity index (χ4v) is 2.73. The molecule has 0 spiro atoms. The van der Waals surface area contributed by atoms with Gasteiger partial charge in [0.2, 0.25) is 0 Å². The molecule has 1 atom stereocenters. The molecule has 1 fully saturated rings. The second-order valence-electron chi connectivity index (χ2n) is 6.03. The Hall–Kier alpha value is -0.930. The number of nitrogens with zero attached hydrogens (tertiary/aromatic N) is 1. The van der Waals surface area contributed by atoms with Gasteiger partial charge in [-0.25, -0.2) is 4.39 Å². The van der Waals surface area contributed by atoms with Crippen LogP contribution in [0.4, 0.5) is 4.39 Å². The van der Waals surface area contributed by atoms with Crippen LogP contribution in [0.1, 0.15) is 43.9 Å². The minimum atomic E-state index is -0.0959. The summed E-state index contributed by atoms with van der Waals surface area (Å²) in [5.74, 6) is -0.0959. The number of aryl methyl sites for hydroxylation is 1. The van der Waals surface area contributed by atoms with Crippen molar-refractivity contribution in [2.75, 3.05) is 20.1 Å². The van der Waals surface area contributed by atoms with Gasteiger partial charge in [-0.2, -0.15) is 0 Å². The molecule has 2 rings (SSSR count). The summed E-state index contributed by atoms with van der Waals surface area (Å²) in [6.07, 6.45) is 2.28. The predicted molar refractivity (Wildman–Crippen MR) is 77.8 cm³/mol. The molecule has 0 radical (unpaired) electrons. The molecule has 1 unspecified atom stereocenters. The van der Waals surface area contributed by atoms with Crippen molar-refractivity contribution in [3.8, 4) is 0 Å². The van der Waals surface area contributed by atoms with Crippen molar-refractivity contribution in [2.24, 2.45) is 0 Å². The maximum Gasteiger partial charge on any atom is 0.126 e. The largest absolute Gasteiger partial charge is 0.314 e. The molecular weight excluding hydrogens is 239 g/mol. The van der Waals surface area contributed by atoms with Gasteiger partial charge in [-0.05, 0) is 57.9 Å². The van der Waals surface area contributed by atoms with Crippen molar-refractivity contribution in [3.05, 3.63) is 35.1 Å². The Bertz CT molecular complexity index is 436. The van der Waals surface area contributed by atoms with E-state index < -0.39 is 0 Å².